The maximum absolute atomic E-state index is 4.52. The molecule has 0 aliphatic heterocycles. The van der Waals surface area contributed by atoms with Gasteiger partial charge in [0.25, 0.3) is 0 Å². The van der Waals surface area contributed by atoms with E-state index in [9.17, 15) is 0 Å². The maximum atomic E-state index is 4.52. The van der Waals surface area contributed by atoms with E-state index < -0.39 is 0 Å². The van der Waals surface area contributed by atoms with Crippen LogP contribution in [-0.2, 0) is 9.31 Å². The summed E-state index contributed by atoms with van der Waals surface area (Å²) >= 11 is 0. The van der Waals surface area contributed by atoms with Crippen LogP contribution in [0.5, 0.6) is 0 Å². The Bertz CT molecular complexity index is 37.8. The van der Waals surface area contributed by atoms with E-state index in [0.717, 1.165) is 0 Å². The molecule has 0 saturated heterocycles. The van der Waals surface area contributed by atoms with Crippen molar-refractivity contribution in [2.75, 3.05) is 7.11 Å². The molecule has 34 valence electrons. The van der Waals surface area contributed by atoms with Crippen LogP contribution in [0.2, 0.25) is 0 Å². The van der Waals surface area contributed by atoms with Gasteiger partial charge >= 0.3 is 7.69 Å². The summed E-state index contributed by atoms with van der Waals surface area (Å²) in [6.07, 6.45) is 1.34. The van der Waals surface area contributed by atoms with Crippen molar-refractivity contribution >= 4 is 7.69 Å². The van der Waals surface area contributed by atoms with Gasteiger partial charge in [-0.15, -0.1) is 0 Å². The van der Waals surface area contributed by atoms with E-state index in [4.69, 9.17) is 0 Å². The summed E-state index contributed by atoms with van der Waals surface area (Å²) in [4.78, 5) is 0. The quantitative estimate of drug-likeness (QED) is 0.274. The summed E-state index contributed by atoms with van der Waals surface area (Å²) in [6, 6.07) is 0. The first-order chi connectivity index (χ1) is 2.91. The van der Waals surface area contributed by atoms with E-state index >= 15 is 0 Å². The van der Waals surface area contributed by atoms with Gasteiger partial charge in [0, 0.05) is 7.11 Å². The molecule has 0 radical (unpaired) electrons. The molecule has 0 fully saturated rings. The largest absolute Gasteiger partial charge is 0.545 e. The summed E-state index contributed by atoms with van der Waals surface area (Å²) < 4.78 is 9.01. The van der Waals surface area contributed by atoms with Gasteiger partial charge in [-0.05, 0) is 0 Å². The minimum absolute atomic E-state index is 0.295. The first kappa shape index (κ1) is 5.56. The van der Waals surface area contributed by atoms with Gasteiger partial charge in [0.05, 0.1) is 6.26 Å². The highest BCUT2D eigenvalue weighted by Gasteiger charge is 1.76. The standard InChI is InChI=1S/C3H7BO2/c1-3-6-4-5-2/h3-4H,1H2,2H3. The average Bonchev–Trinajstić information content (AvgIpc) is 1.61. The first-order valence-electron chi connectivity index (χ1n) is 1.63. The normalized spacial score (nSPS) is 6.83. The second kappa shape index (κ2) is 4.56. The van der Waals surface area contributed by atoms with E-state index in [1.54, 1.807) is 7.11 Å². The monoisotopic (exact) mass is 86.1 g/mol. The fourth-order valence-electron chi connectivity index (χ4n) is 0.116. The summed E-state index contributed by atoms with van der Waals surface area (Å²) in [5.41, 5.74) is 0. The fraction of sp³-hybridized carbons (Fsp3) is 0.333. The van der Waals surface area contributed by atoms with Crippen LogP contribution in [0, 0.1) is 0 Å². The number of rotatable bonds is 3. The Labute approximate surface area is 38.1 Å². The molecule has 3 heteroatoms. The molecular formula is C3H7BO2. The van der Waals surface area contributed by atoms with Gasteiger partial charge in [-0.3, -0.25) is 0 Å². The summed E-state index contributed by atoms with van der Waals surface area (Å²) in [5, 5.41) is 0. The van der Waals surface area contributed by atoms with Crippen LogP contribution in [0.25, 0.3) is 0 Å². The number of hydrogen-bond donors (Lipinski definition) is 0. The zero-order valence-electron chi connectivity index (χ0n) is 3.81. The molecule has 0 atom stereocenters. The third kappa shape index (κ3) is 3.56. The molecule has 2 nitrogen and oxygen atoms in total. The van der Waals surface area contributed by atoms with Crippen LogP contribution in [-0.4, -0.2) is 14.8 Å². The minimum Gasteiger partial charge on any atom is -0.545 e. The molecule has 0 aromatic heterocycles. The van der Waals surface area contributed by atoms with Crippen molar-refractivity contribution in [2.24, 2.45) is 0 Å². The Morgan fingerprint density at radius 2 is 2.50 bits per heavy atom. The van der Waals surface area contributed by atoms with Crippen molar-refractivity contribution in [1.82, 2.24) is 0 Å². The molecule has 0 aliphatic rings. The molecule has 0 unspecified atom stereocenters. The second-order valence-electron chi connectivity index (χ2n) is 0.740. The molecule has 0 N–H and O–H groups in total. The van der Waals surface area contributed by atoms with E-state index in [1.807, 2.05) is 0 Å². The zero-order valence-corrected chi connectivity index (χ0v) is 3.81. The molecule has 0 saturated carbocycles. The van der Waals surface area contributed by atoms with Crippen LogP contribution in [0.3, 0.4) is 0 Å². The van der Waals surface area contributed by atoms with Gasteiger partial charge in [-0.2, -0.15) is 0 Å². The Hall–Kier alpha value is -0.435. The predicted octanol–water partition coefficient (Wildman–Crippen LogP) is 0.0594. The van der Waals surface area contributed by atoms with Crippen molar-refractivity contribution < 1.29 is 9.31 Å². The van der Waals surface area contributed by atoms with Crippen molar-refractivity contribution in [1.29, 1.82) is 0 Å². The molecule has 0 aliphatic carbocycles. The van der Waals surface area contributed by atoms with E-state index in [1.165, 1.54) is 6.26 Å². The molecule has 0 bridgehead atoms. The van der Waals surface area contributed by atoms with Crippen molar-refractivity contribution in [2.45, 2.75) is 0 Å². The Morgan fingerprint density at radius 3 is 2.67 bits per heavy atom. The molecular weight excluding hydrogens is 78.8 g/mol. The lowest BCUT2D eigenvalue weighted by Gasteiger charge is -1.89. The lowest BCUT2D eigenvalue weighted by atomic mass is 10.4. The molecule has 0 heterocycles. The Kier molecular flexibility index (Phi) is 4.23. The van der Waals surface area contributed by atoms with Crippen LogP contribution < -0.4 is 0 Å². The summed E-state index contributed by atoms with van der Waals surface area (Å²) in [6.45, 7) is 3.30. The maximum Gasteiger partial charge on any atom is 0.506 e. The van der Waals surface area contributed by atoms with Gasteiger partial charge in [-0.25, -0.2) is 0 Å². The Morgan fingerprint density at radius 1 is 1.83 bits per heavy atom. The van der Waals surface area contributed by atoms with Crippen molar-refractivity contribution in [3.63, 3.8) is 0 Å². The lowest BCUT2D eigenvalue weighted by Crippen LogP contribution is -1.92. The molecule has 0 aromatic rings. The van der Waals surface area contributed by atoms with Crippen molar-refractivity contribution in [3.8, 4) is 0 Å². The summed E-state index contributed by atoms with van der Waals surface area (Å²) in [7, 11) is 1.85. The van der Waals surface area contributed by atoms with Gasteiger partial charge in [0.1, 0.15) is 0 Å². The van der Waals surface area contributed by atoms with Crippen LogP contribution in [0.15, 0.2) is 12.8 Å². The third-order valence-electron chi connectivity index (χ3n) is 0.304. The smallest absolute Gasteiger partial charge is 0.506 e. The SMILES string of the molecule is C=COBOC. The topological polar surface area (TPSA) is 18.5 Å². The molecule has 6 heavy (non-hydrogen) atoms. The first-order valence-corrected chi connectivity index (χ1v) is 1.63. The van der Waals surface area contributed by atoms with Gasteiger partial charge in [0.2, 0.25) is 0 Å². The summed E-state index contributed by atoms with van der Waals surface area (Å²) in [5.74, 6) is 0. The van der Waals surface area contributed by atoms with E-state index in [0.29, 0.717) is 7.69 Å². The van der Waals surface area contributed by atoms with Crippen LogP contribution in [0.4, 0.5) is 0 Å². The average molecular weight is 85.9 g/mol. The van der Waals surface area contributed by atoms with Crippen molar-refractivity contribution in [3.05, 3.63) is 12.8 Å². The molecule has 0 rings (SSSR count). The highest BCUT2D eigenvalue weighted by atomic mass is 16.6. The minimum atomic E-state index is 0.295. The second-order valence-corrected chi connectivity index (χ2v) is 0.740. The molecule has 0 amide bonds. The van der Waals surface area contributed by atoms with Gasteiger partial charge < -0.3 is 9.31 Å². The predicted molar refractivity (Wildman–Crippen MR) is 25.4 cm³/mol. The van der Waals surface area contributed by atoms with Crippen LogP contribution in [0.1, 0.15) is 0 Å². The van der Waals surface area contributed by atoms with Crippen LogP contribution >= 0.6 is 0 Å². The van der Waals surface area contributed by atoms with E-state index in [2.05, 4.69) is 15.9 Å². The highest BCUT2D eigenvalue weighted by Crippen LogP contribution is 1.65. The van der Waals surface area contributed by atoms with Gasteiger partial charge in [0.15, 0.2) is 0 Å². The van der Waals surface area contributed by atoms with E-state index in [-0.39, 0.29) is 0 Å². The fourth-order valence-corrected chi connectivity index (χ4v) is 0.116. The number of hydrogen-bond acceptors (Lipinski definition) is 2. The van der Waals surface area contributed by atoms with Gasteiger partial charge in [-0.1, -0.05) is 6.58 Å². The molecule has 0 spiro atoms. The zero-order chi connectivity index (χ0) is 4.83. The Balaban J connectivity index is 2.49. The third-order valence-corrected chi connectivity index (χ3v) is 0.304. The highest BCUT2D eigenvalue weighted by molar-refractivity contribution is 6.18. The molecule has 0 aromatic carbocycles. The lowest BCUT2D eigenvalue weighted by molar-refractivity contribution is 0.339.